The third-order valence-corrected chi connectivity index (χ3v) is 6.87. The van der Waals surface area contributed by atoms with E-state index < -0.39 is 0 Å². The summed E-state index contributed by atoms with van der Waals surface area (Å²) in [5.74, 6) is 0.233. The molecule has 0 spiro atoms. The van der Waals surface area contributed by atoms with Crippen molar-refractivity contribution in [3.8, 4) is 0 Å². The molecule has 2 saturated heterocycles. The van der Waals surface area contributed by atoms with Crippen molar-refractivity contribution in [2.24, 2.45) is 0 Å². The van der Waals surface area contributed by atoms with E-state index in [2.05, 4.69) is 39.1 Å². The smallest absolute Gasteiger partial charge is 0.315 e. The van der Waals surface area contributed by atoms with Crippen molar-refractivity contribution in [1.82, 2.24) is 20.4 Å². The van der Waals surface area contributed by atoms with Gasteiger partial charge in [-0.2, -0.15) is 0 Å². The first-order chi connectivity index (χ1) is 14.7. The van der Waals surface area contributed by atoms with Crippen LogP contribution in [0.1, 0.15) is 47.7 Å². The Hall–Kier alpha value is -2.38. The van der Waals surface area contributed by atoms with Crippen LogP contribution in [-0.4, -0.2) is 47.9 Å². The maximum atomic E-state index is 12.4. The van der Waals surface area contributed by atoms with E-state index in [-0.39, 0.29) is 18.0 Å². The topological polar surface area (TPSA) is 64.7 Å². The number of nitrogens with one attached hydrogen (secondary N) is 2. The molecular formula is C23H30N4O2S. The first-order valence-corrected chi connectivity index (χ1v) is 11.7. The summed E-state index contributed by atoms with van der Waals surface area (Å²) in [5.41, 5.74) is 2.15. The Morgan fingerprint density at radius 1 is 1.03 bits per heavy atom. The molecular weight excluding hydrogens is 396 g/mol. The molecule has 0 radical (unpaired) electrons. The molecule has 1 unspecified atom stereocenters. The average molecular weight is 427 g/mol. The lowest BCUT2D eigenvalue weighted by molar-refractivity contribution is -0.128. The lowest BCUT2D eigenvalue weighted by Gasteiger charge is -2.27. The first kappa shape index (κ1) is 20.9. The summed E-state index contributed by atoms with van der Waals surface area (Å²) >= 11 is 1.75. The van der Waals surface area contributed by atoms with Gasteiger partial charge in [0.25, 0.3) is 0 Å². The highest BCUT2D eigenvalue weighted by Gasteiger charge is 2.24. The van der Waals surface area contributed by atoms with Crippen LogP contribution in [0.3, 0.4) is 0 Å². The van der Waals surface area contributed by atoms with Gasteiger partial charge in [-0.15, -0.1) is 11.3 Å². The van der Waals surface area contributed by atoms with Gasteiger partial charge in [-0.05, 0) is 54.9 Å². The highest BCUT2D eigenvalue weighted by molar-refractivity contribution is 7.10. The van der Waals surface area contributed by atoms with Gasteiger partial charge in [-0.1, -0.05) is 30.3 Å². The zero-order chi connectivity index (χ0) is 20.8. The molecule has 7 heteroatoms. The van der Waals surface area contributed by atoms with Gasteiger partial charge in [0, 0.05) is 37.5 Å². The van der Waals surface area contributed by atoms with E-state index in [1.807, 2.05) is 23.1 Å². The molecule has 0 bridgehead atoms. The van der Waals surface area contributed by atoms with Gasteiger partial charge in [0.2, 0.25) is 5.91 Å². The molecule has 2 aromatic rings. The first-order valence-electron chi connectivity index (χ1n) is 10.8. The SMILES string of the molecule is O=C(NCc1cccc(CN2CCCC2=O)c1)NCC(c1cccs1)N1CCCC1. The van der Waals surface area contributed by atoms with Crippen molar-refractivity contribution in [1.29, 1.82) is 0 Å². The van der Waals surface area contributed by atoms with Crippen LogP contribution < -0.4 is 10.6 Å². The summed E-state index contributed by atoms with van der Waals surface area (Å²) in [6, 6.07) is 12.5. The molecule has 4 rings (SSSR count). The monoisotopic (exact) mass is 426 g/mol. The second-order valence-electron chi connectivity index (χ2n) is 8.08. The van der Waals surface area contributed by atoms with Crippen LogP contribution in [0.4, 0.5) is 4.79 Å². The maximum Gasteiger partial charge on any atom is 0.315 e. The summed E-state index contributed by atoms with van der Waals surface area (Å²) in [5, 5.41) is 8.13. The molecule has 1 aromatic carbocycles. The Labute approximate surface area is 182 Å². The molecule has 1 aromatic heterocycles. The predicted octanol–water partition coefficient (Wildman–Crippen LogP) is 3.51. The third kappa shape index (κ3) is 5.40. The van der Waals surface area contributed by atoms with E-state index >= 15 is 0 Å². The highest BCUT2D eigenvalue weighted by Crippen LogP contribution is 2.27. The number of hydrogen-bond acceptors (Lipinski definition) is 4. The Bertz CT molecular complexity index is 849. The average Bonchev–Trinajstić information content (AvgIpc) is 3.52. The third-order valence-electron chi connectivity index (χ3n) is 5.90. The van der Waals surface area contributed by atoms with Crippen molar-refractivity contribution >= 4 is 23.3 Å². The van der Waals surface area contributed by atoms with Crippen molar-refractivity contribution < 1.29 is 9.59 Å². The number of nitrogens with zero attached hydrogens (tertiary/aromatic N) is 2. The number of urea groups is 1. The molecule has 6 nitrogen and oxygen atoms in total. The van der Waals surface area contributed by atoms with Crippen LogP contribution in [0.2, 0.25) is 0 Å². The lowest BCUT2D eigenvalue weighted by Crippen LogP contribution is -2.41. The van der Waals surface area contributed by atoms with Crippen molar-refractivity contribution in [2.45, 2.75) is 44.8 Å². The van der Waals surface area contributed by atoms with Gasteiger partial charge < -0.3 is 15.5 Å². The fourth-order valence-corrected chi connectivity index (χ4v) is 5.17. The van der Waals surface area contributed by atoms with Gasteiger partial charge in [0.05, 0.1) is 6.04 Å². The quantitative estimate of drug-likeness (QED) is 0.679. The van der Waals surface area contributed by atoms with Gasteiger partial charge in [0.1, 0.15) is 0 Å². The highest BCUT2D eigenvalue weighted by atomic mass is 32.1. The zero-order valence-corrected chi connectivity index (χ0v) is 18.1. The molecule has 2 fully saturated rings. The van der Waals surface area contributed by atoms with E-state index in [1.54, 1.807) is 11.3 Å². The van der Waals surface area contributed by atoms with E-state index in [1.165, 1.54) is 17.7 Å². The maximum absolute atomic E-state index is 12.4. The van der Waals surface area contributed by atoms with Crippen LogP contribution in [0.25, 0.3) is 0 Å². The Morgan fingerprint density at radius 3 is 2.60 bits per heavy atom. The number of hydrogen-bond donors (Lipinski definition) is 2. The second-order valence-corrected chi connectivity index (χ2v) is 9.06. The fraction of sp³-hybridized carbons (Fsp3) is 0.478. The molecule has 30 heavy (non-hydrogen) atoms. The van der Waals surface area contributed by atoms with Crippen LogP contribution in [-0.2, 0) is 17.9 Å². The van der Waals surface area contributed by atoms with Crippen molar-refractivity contribution in [2.75, 3.05) is 26.2 Å². The van der Waals surface area contributed by atoms with E-state index in [9.17, 15) is 9.59 Å². The van der Waals surface area contributed by atoms with Crippen molar-refractivity contribution in [3.63, 3.8) is 0 Å². The summed E-state index contributed by atoms with van der Waals surface area (Å²) in [7, 11) is 0. The summed E-state index contributed by atoms with van der Waals surface area (Å²) in [4.78, 5) is 29.9. The van der Waals surface area contributed by atoms with Gasteiger partial charge in [-0.25, -0.2) is 4.79 Å². The zero-order valence-electron chi connectivity index (χ0n) is 17.3. The Balaban J connectivity index is 1.27. The summed E-state index contributed by atoms with van der Waals surface area (Å²) in [6.45, 7) is 4.77. The minimum absolute atomic E-state index is 0.143. The number of rotatable bonds is 8. The molecule has 2 N–H and O–H groups in total. The number of amides is 3. The normalized spacial score (nSPS) is 18.0. The molecule has 2 aliphatic heterocycles. The summed E-state index contributed by atoms with van der Waals surface area (Å²) in [6.07, 6.45) is 4.07. The molecule has 3 amide bonds. The minimum atomic E-state index is -0.143. The molecule has 1 atom stereocenters. The standard InChI is InChI=1S/C23H30N4O2S/c28-22-9-4-12-27(22)17-19-7-3-6-18(14-19)15-24-23(29)25-16-20(21-8-5-13-30-21)26-10-1-2-11-26/h3,5-8,13-14,20H,1-2,4,9-12,15-17H2,(H2,24,25,29). The minimum Gasteiger partial charge on any atom is -0.338 e. The summed E-state index contributed by atoms with van der Waals surface area (Å²) < 4.78 is 0. The number of thiophene rings is 1. The van der Waals surface area contributed by atoms with Crippen LogP contribution >= 0.6 is 11.3 Å². The van der Waals surface area contributed by atoms with Crippen LogP contribution in [0.15, 0.2) is 41.8 Å². The van der Waals surface area contributed by atoms with Gasteiger partial charge in [-0.3, -0.25) is 9.69 Å². The number of carbonyl (C=O) groups is 2. The van der Waals surface area contributed by atoms with Gasteiger partial charge >= 0.3 is 6.03 Å². The number of benzene rings is 1. The van der Waals surface area contributed by atoms with Crippen molar-refractivity contribution in [3.05, 3.63) is 57.8 Å². The van der Waals surface area contributed by atoms with E-state index in [4.69, 9.17) is 0 Å². The fourth-order valence-electron chi connectivity index (χ4n) is 4.31. The Morgan fingerprint density at radius 2 is 1.87 bits per heavy atom. The number of likely N-dealkylation sites (tertiary alicyclic amines) is 2. The Kier molecular flexibility index (Phi) is 7.02. The molecule has 2 aliphatic rings. The van der Waals surface area contributed by atoms with E-state index in [0.717, 1.165) is 37.2 Å². The van der Waals surface area contributed by atoms with Crippen LogP contribution in [0, 0.1) is 0 Å². The second kappa shape index (κ2) is 10.1. The lowest BCUT2D eigenvalue weighted by atomic mass is 10.1. The van der Waals surface area contributed by atoms with E-state index in [0.29, 0.717) is 26.1 Å². The predicted molar refractivity (Wildman–Crippen MR) is 119 cm³/mol. The number of carbonyl (C=O) groups excluding carboxylic acids is 2. The molecule has 3 heterocycles. The largest absolute Gasteiger partial charge is 0.338 e. The molecule has 0 aliphatic carbocycles. The molecule has 160 valence electrons. The van der Waals surface area contributed by atoms with Crippen LogP contribution in [0.5, 0.6) is 0 Å². The van der Waals surface area contributed by atoms with Gasteiger partial charge in [0.15, 0.2) is 0 Å². The molecule has 0 saturated carbocycles.